The molecule has 116 valence electrons. The molecule has 20 heavy (non-hydrogen) atoms. The zero-order chi connectivity index (χ0) is 14.3. The Bertz CT molecular complexity index is 494. The summed E-state index contributed by atoms with van der Waals surface area (Å²) in [6, 6.07) is 3.73. The van der Waals surface area contributed by atoms with Gasteiger partial charge in [0.25, 0.3) is 0 Å². The summed E-state index contributed by atoms with van der Waals surface area (Å²) in [4.78, 5) is -0.520. The van der Waals surface area contributed by atoms with Crippen LogP contribution in [-0.4, -0.2) is 41.8 Å². The van der Waals surface area contributed by atoms with Crippen LogP contribution in [0.1, 0.15) is 0 Å². The molecule has 0 atom stereocenters. The second-order valence-electron chi connectivity index (χ2n) is 3.69. The van der Waals surface area contributed by atoms with Gasteiger partial charge in [0, 0.05) is 26.7 Å². The van der Waals surface area contributed by atoms with Crippen molar-refractivity contribution in [1.29, 1.82) is 0 Å². The summed E-state index contributed by atoms with van der Waals surface area (Å²) in [5.74, 6) is -0.868. The Balaban J connectivity index is 0.00000361. The molecule has 0 amide bonds. The molecule has 0 saturated heterocycles. The fourth-order valence-corrected chi connectivity index (χ4v) is 3.02. The quantitative estimate of drug-likeness (QED) is 0.698. The van der Waals surface area contributed by atoms with E-state index < -0.39 is 20.7 Å². The summed E-state index contributed by atoms with van der Waals surface area (Å²) in [7, 11) is -2.37. The lowest BCUT2D eigenvalue weighted by molar-refractivity contribution is 0.199. The number of benzene rings is 1. The molecule has 9 heteroatoms. The van der Waals surface area contributed by atoms with Gasteiger partial charge in [-0.1, -0.05) is 17.7 Å². The monoisotopic (exact) mass is 346 g/mol. The van der Waals surface area contributed by atoms with Crippen LogP contribution in [0.15, 0.2) is 23.1 Å². The number of hydrogen-bond acceptors (Lipinski definition) is 4. The molecule has 0 radical (unpaired) electrons. The maximum atomic E-state index is 13.5. The van der Waals surface area contributed by atoms with Crippen molar-refractivity contribution in [2.45, 2.75) is 4.90 Å². The summed E-state index contributed by atoms with van der Waals surface area (Å²) < 4.78 is 44.3. The highest BCUT2D eigenvalue weighted by Crippen LogP contribution is 2.23. The third-order valence-electron chi connectivity index (χ3n) is 2.26. The molecule has 1 aromatic rings. The van der Waals surface area contributed by atoms with Crippen molar-refractivity contribution in [3.63, 3.8) is 0 Å². The van der Waals surface area contributed by atoms with Gasteiger partial charge in [-0.2, -0.15) is 0 Å². The van der Waals surface area contributed by atoms with E-state index in [1.807, 2.05) is 0 Å². The van der Waals surface area contributed by atoms with Crippen molar-refractivity contribution in [2.75, 3.05) is 33.4 Å². The van der Waals surface area contributed by atoms with E-state index in [1.54, 1.807) is 7.11 Å². The molecule has 1 aromatic carbocycles. The number of halogens is 3. The van der Waals surface area contributed by atoms with Gasteiger partial charge in [-0.3, -0.25) is 0 Å². The highest BCUT2D eigenvalue weighted by atomic mass is 35.5. The van der Waals surface area contributed by atoms with Crippen LogP contribution in [0.4, 0.5) is 4.39 Å². The predicted octanol–water partition coefficient (Wildman–Crippen LogP) is 1.42. The molecule has 0 bridgehead atoms. The van der Waals surface area contributed by atoms with Crippen LogP contribution in [0.25, 0.3) is 0 Å². The Morgan fingerprint density at radius 1 is 1.30 bits per heavy atom. The first-order valence-corrected chi connectivity index (χ1v) is 7.48. The van der Waals surface area contributed by atoms with E-state index in [9.17, 15) is 12.8 Å². The van der Waals surface area contributed by atoms with Crippen LogP contribution in [-0.2, 0) is 14.8 Å². The molecule has 2 N–H and O–H groups in total. The van der Waals surface area contributed by atoms with Gasteiger partial charge in [-0.15, -0.1) is 12.4 Å². The fourth-order valence-electron chi connectivity index (χ4n) is 1.38. The lowest BCUT2D eigenvalue weighted by atomic mass is 10.3. The number of nitrogens with one attached hydrogen (secondary N) is 2. The van der Waals surface area contributed by atoms with Gasteiger partial charge in [0.1, 0.15) is 10.7 Å². The Morgan fingerprint density at radius 3 is 2.60 bits per heavy atom. The molecule has 0 aromatic heterocycles. The smallest absolute Gasteiger partial charge is 0.245 e. The van der Waals surface area contributed by atoms with Crippen LogP contribution in [0, 0.1) is 5.82 Å². The summed E-state index contributed by atoms with van der Waals surface area (Å²) in [6.07, 6.45) is 0. The molecule has 5 nitrogen and oxygen atoms in total. The van der Waals surface area contributed by atoms with Gasteiger partial charge < -0.3 is 10.1 Å². The summed E-state index contributed by atoms with van der Waals surface area (Å²) in [6.45, 7) is 1.69. The van der Waals surface area contributed by atoms with Crippen molar-refractivity contribution in [3.05, 3.63) is 29.0 Å². The van der Waals surface area contributed by atoms with E-state index >= 15 is 0 Å². The normalized spacial score (nSPS) is 11.2. The van der Waals surface area contributed by atoms with Crippen LogP contribution in [0.5, 0.6) is 0 Å². The third-order valence-corrected chi connectivity index (χ3v) is 4.23. The molecule has 0 aliphatic heterocycles. The second-order valence-corrected chi connectivity index (χ2v) is 5.80. The topological polar surface area (TPSA) is 67.4 Å². The Kier molecular flexibility index (Phi) is 9.28. The first-order chi connectivity index (χ1) is 8.99. The highest BCUT2D eigenvalue weighted by Gasteiger charge is 2.21. The number of sulfonamides is 1. The molecule has 0 heterocycles. The molecule has 0 aliphatic carbocycles. The number of hydrogen-bond donors (Lipinski definition) is 2. The largest absolute Gasteiger partial charge is 0.383 e. The van der Waals surface area contributed by atoms with Crippen molar-refractivity contribution in [1.82, 2.24) is 10.0 Å². The Labute approximate surface area is 129 Å². The number of rotatable bonds is 8. The van der Waals surface area contributed by atoms with E-state index in [0.29, 0.717) is 19.7 Å². The van der Waals surface area contributed by atoms with Crippen molar-refractivity contribution in [2.24, 2.45) is 0 Å². The highest BCUT2D eigenvalue weighted by molar-refractivity contribution is 7.89. The number of methoxy groups -OCH3 is 1. The Hall–Kier alpha value is -0.440. The van der Waals surface area contributed by atoms with Gasteiger partial charge in [-0.05, 0) is 12.1 Å². The standard InChI is InChI=1S/C11H16ClFN2O3S.ClH/c1-18-8-7-14-5-6-15-19(16,17)11-9(12)3-2-4-10(11)13;/h2-4,14-15H,5-8H2,1H3;1H. The van der Waals surface area contributed by atoms with Crippen molar-refractivity contribution in [3.8, 4) is 0 Å². The lowest BCUT2D eigenvalue weighted by Gasteiger charge is -2.09. The summed E-state index contributed by atoms with van der Waals surface area (Å²) >= 11 is 5.70. The third kappa shape index (κ3) is 5.90. The van der Waals surface area contributed by atoms with Crippen molar-refractivity contribution < 1.29 is 17.5 Å². The van der Waals surface area contributed by atoms with Gasteiger partial charge in [0.2, 0.25) is 10.0 Å². The fraction of sp³-hybridized carbons (Fsp3) is 0.455. The summed E-state index contributed by atoms with van der Waals surface area (Å²) in [5, 5.41) is 2.82. The van der Waals surface area contributed by atoms with Crippen LogP contribution in [0.3, 0.4) is 0 Å². The van der Waals surface area contributed by atoms with Crippen LogP contribution < -0.4 is 10.0 Å². The maximum absolute atomic E-state index is 13.5. The SMILES string of the molecule is COCCNCCNS(=O)(=O)c1c(F)cccc1Cl.Cl. The van der Waals surface area contributed by atoms with Crippen LogP contribution >= 0.6 is 24.0 Å². The van der Waals surface area contributed by atoms with E-state index in [2.05, 4.69) is 10.0 Å². The van der Waals surface area contributed by atoms with Crippen molar-refractivity contribution >= 4 is 34.0 Å². The molecular formula is C11H17Cl2FN2O3S. The number of ether oxygens (including phenoxy) is 1. The molecule has 0 unspecified atom stereocenters. The van der Waals surface area contributed by atoms with Gasteiger partial charge >= 0.3 is 0 Å². The minimum absolute atomic E-state index is 0. The minimum atomic E-state index is -3.94. The average molecular weight is 347 g/mol. The summed E-state index contributed by atoms with van der Waals surface area (Å²) in [5.41, 5.74) is 0. The van der Waals surface area contributed by atoms with E-state index in [-0.39, 0.29) is 24.0 Å². The molecule has 0 saturated carbocycles. The van der Waals surface area contributed by atoms with E-state index in [4.69, 9.17) is 16.3 Å². The van der Waals surface area contributed by atoms with Gasteiger partial charge in [0.15, 0.2) is 0 Å². The lowest BCUT2D eigenvalue weighted by Crippen LogP contribution is -2.33. The van der Waals surface area contributed by atoms with Gasteiger partial charge in [0.05, 0.1) is 11.6 Å². The molecule has 0 aliphatic rings. The molecule has 0 fully saturated rings. The molecule has 0 spiro atoms. The minimum Gasteiger partial charge on any atom is -0.383 e. The zero-order valence-electron chi connectivity index (χ0n) is 10.9. The van der Waals surface area contributed by atoms with E-state index in [0.717, 1.165) is 6.07 Å². The van der Waals surface area contributed by atoms with E-state index in [1.165, 1.54) is 12.1 Å². The van der Waals surface area contributed by atoms with Gasteiger partial charge in [-0.25, -0.2) is 17.5 Å². The predicted molar refractivity (Wildman–Crippen MR) is 78.6 cm³/mol. The average Bonchev–Trinajstić information content (AvgIpc) is 2.33. The maximum Gasteiger partial charge on any atom is 0.245 e. The first-order valence-electron chi connectivity index (χ1n) is 5.62. The Morgan fingerprint density at radius 2 is 2.00 bits per heavy atom. The zero-order valence-corrected chi connectivity index (χ0v) is 13.2. The van der Waals surface area contributed by atoms with Crippen LogP contribution in [0.2, 0.25) is 5.02 Å². The second kappa shape index (κ2) is 9.49. The first kappa shape index (κ1) is 19.6. The molecule has 1 rings (SSSR count). The molecular weight excluding hydrogens is 330 g/mol.